The largest absolute Gasteiger partial charge is 0.454 e. The van der Waals surface area contributed by atoms with Gasteiger partial charge in [0.15, 0.2) is 23.0 Å². The summed E-state index contributed by atoms with van der Waals surface area (Å²) in [4.78, 5) is 4.54. The molecule has 4 heterocycles. The third kappa shape index (κ3) is 3.76. The maximum atomic E-state index is 13.6. The lowest BCUT2D eigenvalue weighted by Gasteiger charge is -2.34. The van der Waals surface area contributed by atoms with Crippen LogP contribution < -0.4 is 14.8 Å². The number of thioether (sulfide) groups is 1. The highest BCUT2D eigenvalue weighted by Gasteiger charge is 2.47. The minimum Gasteiger partial charge on any atom is -0.454 e. The number of benzene rings is 1. The molecule has 0 aromatic heterocycles. The minimum atomic E-state index is -4.42. The summed E-state index contributed by atoms with van der Waals surface area (Å²) in [5.74, 6) is 1.07. The summed E-state index contributed by atoms with van der Waals surface area (Å²) in [6.45, 7) is 0.399. The lowest BCUT2D eigenvalue weighted by Crippen LogP contribution is -2.49. The number of hydrogen-bond acceptors (Lipinski definition) is 8. The average Bonchev–Trinajstić information content (AvgIpc) is 3.32. The van der Waals surface area contributed by atoms with Crippen LogP contribution in [0.4, 0.5) is 13.2 Å². The zero-order chi connectivity index (χ0) is 20.2. The molecule has 2 saturated heterocycles. The van der Waals surface area contributed by atoms with Crippen LogP contribution >= 0.6 is 11.8 Å². The van der Waals surface area contributed by atoms with Crippen molar-refractivity contribution in [3.8, 4) is 11.5 Å². The number of fused-ring (bicyclic) bond motifs is 3. The van der Waals surface area contributed by atoms with Gasteiger partial charge in [0.25, 0.3) is 0 Å². The quantitative estimate of drug-likeness (QED) is 0.743. The van der Waals surface area contributed by atoms with E-state index in [0.29, 0.717) is 30.1 Å². The molecule has 6 atom stereocenters. The highest BCUT2D eigenvalue weighted by Crippen LogP contribution is 2.41. The van der Waals surface area contributed by atoms with Gasteiger partial charge >= 0.3 is 6.18 Å². The molecule has 5 rings (SSSR count). The van der Waals surface area contributed by atoms with Crippen molar-refractivity contribution in [2.45, 2.75) is 54.8 Å². The van der Waals surface area contributed by atoms with Gasteiger partial charge in [-0.05, 0) is 24.1 Å². The van der Waals surface area contributed by atoms with E-state index in [1.54, 1.807) is 18.2 Å². The van der Waals surface area contributed by atoms with E-state index in [0.717, 1.165) is 0 Å². The van der Waals surface area contributed by atoms with Crippen LogP contribution in [0.5, 0.6) is 11.5 Å². The Hall–Kier alpha value is -1.69. The van der Waals surface area contributed by atoms with Gasteiger partial charge in [0, 0.05) is 11.7 Å². The van der Waals surface area contributed by atoms with Crippen molar-refractivity contribution in [3.05, 3.63) is 23.8 Å². The molecule has 0 saturated carbocycles. The van der Waals surface area contributed by atoms with Crippen molar-refractivity contribution in [1.29, 1.82) is 0 Å². The molecule has 2 fully saturated rings. The Kier molecular flexibility index (Phi) is 4.80. The molecule has 0 amide bonds. The number of aliphatic imine (C=N–C) groups is 1. The predicted octanol–water partition coefficient (Wildman–Crippen LogP) is 2.34. The van der Waals surface area contributed by atoms with Crippen molar-refractivity contribution < 1.29 is 37.2 Å². The number of alkyl halides is 3. The Labute approximate surface area is 168 Å². The lowest BCUT2D eigenvalue weighted by atomic mass is 9.98. The highest BCUT2D eigenvalue weighted by atomic mass is 32.2. The van der Waals surface area contributed by atoms with Crippen LogP contribution in [0.15, 0.2) is 23.2 Å². The number of nitrogens with zero attached hydrogens (tertiary/aromatic N) is 1. The summed E-state index contributed by atoms with van der Waals surface area (Å²) >= 11 is 1.17. The SMILES string of the molecule is O[C@@H]1C[C@H](SC2=N[C@@H](c3ccc4c(c3)OCO4)C[C@@H](C(F)(F)F)N2)[C@H]2CO[C@H]1O2. The van der Waals surface area contributed by atoms with Crippen LogP contribution in [0.1, 0.15) is 24.4 Å². The standard InChI is InChI=1S/C18H19F3N2O5S/c19-18(20,21)15-4-9(8-1-2-11-12(3-8)27-7-26-11)22-17(23-15)29-14-5-10(24)16-25-6-13(14)28-16/h1-3,9-10,13-16,24H,4-7H2,(H,22,23)/t9-,10-,13-,14+,15+,16+/m1/s1. The molecule has 0 unspecified atom stereocenters. The van der Waals surface area contributed by atoms with E-state index < -0.39 is 30.7 Å². The van der Waals surface area contributed by atoms with Crippen LogP contribution in [-0.4, -0.2) is 59.6 Å². The van der Waals surface area contributed by atoms with Crippen molar-refractivity contribution in [3.63, 3.8) is 0 Å². The maximum absolute atomic E-state index is 13.6. The normalized spacial score (nSPS) is 35.9. The molecule has 4 aliphatic heterocycles. The fraction of sp³-hybridized carbons (Fsp3) is 0.611. The molecule has 0 radical (unpaired) electrons. The van der Waals surface area contributed by atoms with Gasteiger partial charge in [0.05, 0.1) is 18.8 Å². The fourth-order valence-corrected chi connectivity index (χ4v) is 5.15. The molecule has 4 aliphatic rings. The van der Waals surface area contributed by atoms with Gasteiger partial charge in [-0.2, -0.15) is 13.2 Å². The smallest absolute Gasteiger partial charge is 0.408 e. The molecule has 158 valence electrons. The van der Waals surface area contributed by atoms with Crippen molar-refractivity contribution >= 4 is 16.9 Å². The summed E-state index contributed by atoms with van der Waals surface area (Å²) in [6.07, 6.45) is -6.01. The van der Waals surface area contributed by atoms with Crippen LogP contribution in [0, 0.1) is 0 Å². The molecular weight excluding hydrogens is 413 g/mol. The highest BCUT2D eigenvalue weighted by molar-refractivity contribution is 8.14. The monoisotopic (exact) mass is 432 g/mol. The molecule has 29 heavy (non-hydrogen) atoms. The summed E-state index contributed by atoms with van der Waals surface area (Å²) in [5.41, 5.74) is 0.632. The van der Waals surface area contributed by atoms with Gasteiger partial charge in [-0.25, -0.2) is 0 Å². The molecular formula is C18H19F3N2O5S. The molecule has 1 aromatic rings. The molecule has 2 N–H and O–H groups in total. The third-order valence-corrected chi connectivity index (χ3v) is 6.65. The molecule has 1 aromatic carbocycles. The minimum absolute atomic E-state index is 0.0923. The number of halogens is 3. The number of ether oxygens (including phenoxy) is 4. The van der Waals surface area contributed by atoms with E-state index in [2.05, 4.69) is 10.3 Å². The molecule has 7 nitrogen and oxygen atoms in total. The number of hydrogen-bond donors (Lipinski definition) is 2. The average molecular weight is 432 g/mol. The number of aliphatic hydroxyl groups excluding tert-OH is 1. The first-order valence-electron chi connectivity index (χ1n) is 9.29. The third-order valence-electron chi connectivity index (χ3n) is 5.41. The van der Waals surface area contributed by atoms with E-state index in [-0.39, 0.29) is 29.7 Å². The Bertz CT molecular complexity index is 823. The Balaban J connectivity index is 1.40. The summed E-state index contributed by atoms with van der Waals surface area (Å²) in [5, 5.41) is 12.5. The van der Waals surface area contributed by atoms with E-state index in [1.165, 1.54) is 11.8 Å². The summed E-state index contributed by atoms with van der Waals surface area (Å²) < 4.78 is 62.2. The number of aliphatic hydroxyl groups is 1. The van der Waals surface area contributed by atoms with Crippen molar-refractivity contribution in [2.24, 2.45) is 4.99 Å². The number of nitrogens with one attached hydrogen (secondary N) is 1. The summed E-state index contributed by atoms with van der Waals surface area (Å²) in [7, 11) is 0. The van der Waals surface area contributed by atoms with Crippen LogP contribution in [0.2, 0.25) is 0 Å². The first kappa shape index (κ1) is 19.3. The molecule has 11 heteroatoms. The van der Waals surface area contributed by atoms with Gasteiger partial charge in [-0.15, -0.1) is 0 Å². The van der Waals surface area contributed by atoms with Crippen LogP contribution in [0.3, 0.4) is 0 Å². The zero-order valence-corrected chi connectivity index (χ0v) is 15.9. The predicted molar refractivity (Wildman–Crippen MR) is 97.0 cm³/mol. The molecule has 2 bridgehead atoms. The Morgan fingerprint density at radius 3 is 2.83 bits per heavy atom. The van der Waals surface area contributed by atoms with Gasteiger partial charge in [0.2, 0.25) is 6.79 Å². The van der Waals surface area contributed by atoms with Crippen molar-refractivity contribution in [1.82, 2.24) is 5.32 Å². The van der Waals surface area contributed by atoms with Crippen LogP contribution in [0.25, 0.3) is 0 Å². The van der Waals surface area contributed by atoms with Gasteiger partial charge < -0.3 is 29.4 Å². The van der Waals surface area contributed by atoms with E-state index in [9.17, 15) is 18.3 Å². The second kappa shape index (κ2) is 7.22. The maximum Gasteiger partial charge on any atom is 0.408 e. The summed E-state index contributed by atoms with van der Waals surface area (Å²) in [6, 6.07) is 2.68. The molecule has 0 spiro atoms. The van der Waals surface area contributed by atoms with E-state index in [1.807, 2.05) is 0 Å². The Morgan fingerprint density at radius 2 is 2.00 bits per heavy atom. The number of rotatable bonds is 2. The van der Waals surface area contributed by atoms with E-state index >= 15 is 0 Å². The topological polar surface area (TPSA) is 81.5 Å². The van der Waals surface area contributed by atoms with E-state index in [4.69, 9.17) is 18.9 Å². The lowest BCUT2D eigenvalue weighted by molar-refractivity contribution is -0.155. The first-order valence-corrected chi connectivity index (χ1v) is 10.2. The number of amidine groups is 1. The second-order valence-corrected chi connectivity index (χ2v) is 8.60. The van der Waals surface area contributed by atoms with Crippen LogP contribution in [-0.2, 0) is 9.47 Å². The molecule has 0 aliphatic carbocycles. The van der Waals surface area contributed by atoms with Gasteiger partial charge in [-0.3, -0.25) is 4.99 Å². The van der Waals surface area contributed by atoms with Crippen molar-refractivity contribution in [2.75, 3.05) is 13.4 Å². The first-order chi connectivity index (χ1) is 13.9. The Morgan fingerprint density at radius 1 is 1.17 bits per heavy atom. The van der Waals surface area contributed by atoms with Gasteiger partial charge in [0.1, 0.15) is 12.1 Å². The van der Waals surface area contributed by atoms with Gasteiger partial charge in [-0.1, -0.05) is 17.8 Å². The zero-order valence-electron chi connectivity index (χ0n) is 15.1. The fourth-order valence-electron chi connectivity index (χ4n) is 3.88. The second-order valence-electron chi connectivity index (χ2n) is 7.37.